The van der Waals surface area contributed by atoms with E-state index >= 15 is 0 Å². The molecule has 0 fully saturated rings. The lowest BCUT2D eigenvalue weighted by Gasteiger charge is -2.10. The number of carbonyl (C=O) groups is 1. The van der Waals surface area contributed by atoms with Crippen LogP contribution in [0.25, 0.3) is 10.9 Å². The van der Waals surface area contributed by atoms with Crippen molar-refractivity contribution in [2.75, 3.05) is 11.1 Å². The Labute approximate surface area is 163 Å². The van der Waals surface area contributed by atoms with Gasteiger partial charge < -0.3 is 5.32 Å². The number of anilines is 1. The second-order valence-corrected chi connectivity index (χ2v) is 7.71. The van der Waals surface area contributed by atoms with Crippen molar-refractivity contribution in [2.45, 2.75) is 32.7 Å². The fraction of sp³-hybridized carbons (Fsp3) is 0.227. The molecular formula is C22H21N3OS. The number of hydrogen-bond acceptors (Lipinski definition) is 4. The summed E-state index contributed by atoms with van der Waals surface area (Å²) < 4.78 is 0. The molecule has 0 bridgehead atoms. The molecule has 0 atom stereocenters. The molecule has 3 aromatic rings. The summed E-state index contributed by atoms with van der Waals surface area (Å²) in [7, 11) is 0. The summed E-state index contributed by atoms with van der Waals surface area (Å²) in [6.07, 6.45) is 0. The number of fused-ring (bicyclic) bond motifs is 1. The molecule has 0 spiro atoms. The van der Waals surface area contributed by atoms with Crippen LogP contribution in [-0.4, -0.2) is 16.6 Å². The van der Waals surface area contributed by atoms with Gasteiger partial charge in [-0.3, -0.25) is 4.79 Å². The van der Waals surface area contributed by atoms with Gasteiger partial charge in [0.25, 0.3) is 0 Å². The minimum Gasteiger partial charge on any atom is -0.325 e. The van der Waals surface area contributed by atoms with Crippen molar-refractivity contribution in [3.63, 3.8) is 0 Å². The van der Waals surface area contributed by atoms with Crippen molar-refractivity contribution in [3.8, 4) is 6.07 Å². The lowest BCUT2D eigenvalue weighted by atomic mass is 10.1. The number of rotatable bonds is 4. The Kier molecular flexibility index (Phi) is 5.48. The van der Waals surface area contributed by atoms with Gasteiger partial charge in [0.1, 0.15) is 11.1 Å². The molecule has 1 amide bonds. The van der Waals surface area contributed by atoms with Crippen LogP contribution in [0.4, 0.5) is 5.69 Å². The molecule has 0 saturated heterocycles. The van der Waals surface area contributed by atoms with Gasteiger partial charge in [0.05, 0.1) is 16.8 Å². The van der Waals surface area contributed by atoms with Crippen LogP contribution < -0.4 is 5.32 Å². The molecule has 4 nitrogen and oxygen atoms in total. The number of carbonyl (C=O) groups excluding carboxylic acids is 1. The SMILES string of the molecule is Cc1cc(C)c2nc(SCC(=O)Nc3ccc(C)c(C)c3)c(C#N)cc2c1. The van der Waals surface area contributed by atoms with Crippen molar-refractivity contribution in [1.29, 1.82) is 5.26 Å². The lowest BCUT2D eigenvalue weighted by molar-refractivity contribution is -0.113. The molecule has 5 heteroatoms. The van der Waals surface area contributed by atoms with E-state index in [1.54, 1.807) is 0 Å². The van der Waals surface area contributed by atoms with Gasteiger partial charge in [0.15, 0.2) is 0 Å². The highest BCUT2D eigenvalue weighted by Gasteiger charge is 2.12. The van der Waals surface area contributed by atoms with E-state index < -0.39 is 0 Å². The molecule has 2 aromatic carbocycles. The van der Waals surface area contributed by atoms with Crippen molar-refractivity contribution in [2.24, 2.45) is 0 Å². The number of nitriles is 1. The second-order valence-electron chi connectivity index (χ2n) is 6.74. The standard InChI is InChI=1S/C22H21N3OS/c1-13-7-16(4)21-17(8-13)10-18(11-23)22(25-21)27-12-20(26)24-19-6-5-14(2)15(3)9-19/h5-10H,12H2,1-4H3,(H,24,26). The molecule has 1 aromatic heterocycles. The molecule has 27 heavy (non-hydrogen) atoms. The van der Waals surface area contributed by atoms with Gasteiger partial charge in [0, 0.05) is 11.1 Å². The Morgan fingerprint density at radius 2 is 1.85 bits per heavy atom. The Morgan fingerprint density at radius 3 is 2.56 bits per heavy atom. The van der Waals surface area contributed by atoms with Crippen LogP contribution in [0, 0.1) is 39.0 Å². The molecular weight excluding hydrogens is 354 g/mol. The first kappa shape index (κ1) is 18.9. The van der Waals surface area contributed by atoms with Gasteiger partial charge in [-0.05, 0) is 68.7 Å². The topological polar surface area (TPSA) is 65.8 Å². The van der Waals surface area contributed by atoms with E-state index in [2.05, 4.69) is 22.4 Å². The maximum Gasteiger partial charge on any atom is 0.234 e. The number of thioether (sulfide) groups is 1. The molecule has 0 aliphatic carbocycles. The average Bonchev–Trinajstić information content (AvgIpc) is 2.62. The predicted molar refractivity (Wildman–Crippen MR) is 111 cm³/mol. The highest BCUT2D eigenvalue weighted by atomic mass is 32.2. The van der Waals surface area contributed by atoms with Crippen LogP contribution in [0.5, 0.6) is 0 Å². The van der Waals surface area contributed by atoms with E-state index in [9.17, 15) is 10.1 Å². The molecule has 1 heterocycles. The molecule has 0 saturated carbocycles. The third kappa shape index (κ3) is 4.29. The summed E-state index contributed by atoms with van der Waals surface area (Å²) in [6.45, 7) is 8.09. The zero-order valence-electron chi connectivity index (χ0n) is 15.9. The van der Waals surface area contributed by atoms with Crippen LogP contribution >= 0.6 is 11.8 Å². The first-order chi connectivity index (χ1) is 12.9. The number of hydrogen-bond donors (Lipinski definition) is 1. The van der Waals surface area contributed by atoms with E-state index in [1.807, 2.05) is 58.0 Å². The number of aromatic nitrogens is 1. The third-order valence-electron chi connectivity index (χ3n) is 4.47. The van der Waals surface area contributed by atoms with Crippen LogP contribution in [0.15, 0.2) is 41.4 Å². The van der Waals surface area contributed by atoms with E-state index in [0.29, 0.717) is 10.6 Å². The summed E-state index contributed by atoms with van der Waals surface area (Å²) in [6, 6.07) is 14.0. The maximum atomic E-state index is 12.3. The molecule has 1 N–H and O–H groups in total. The lowest BCUT2D eigenvalue weighted by Crippen LogP contribution is -2.14. The Morgan fingerprint density at radius 1 is 1.07 bits per heavy atom. The summed E-state index contributed by atoms with van der Waals surface area (Å²) in [5, 5.41) is 13.9. The van der Waals surface area contributed by atoms with Crippen LogP contribution in [-0.2, 0) is 4.79 Å². The summed E-state index contributed by atoms with van der Waals surface area (Å²) >= 11 is 1.29. The van der Waals surface area contributed by atoms with E-state index in [0.717, 1.165) is 33.3 Å². The zero-order valence-corrected chi connectivity index (χ0v) is 16.7. The predicted octanol–water partition coefficient (Wildman–Crippen LogP) is 5.07. The van der Waals surface area contributed by atoms with Crippen molar-refractivity contribution in [1.82, 2.24) is 4.98 Å². The monoisotopic (exact) mass is 375 g/mol. The summed E-state index contributed by atoms with van der Waals surface area (Å²) in [4.78, 5) is 17.0. The quantitative estimate of drug-likeness (QED) is 0.647. The van der Waals surface area contributed by atoms with Crippen LogP contribution in [0.1, 0.15) is 27.8 Å². The Balaban J connectivity index is 1.78. The van der Waals surface area contributed by atoms with Crippen molar-refractivity contribution >= 4 is 34.3 Å². The number of aryl methyl sites for hydroxylation is 4. The number of amides is 1. The number of pyridine rings is 1. The molecule has 0 unspecified atom stereocenters. The first-order valence-corrected chi connectivity index (χ1v) is 9.68. The normalized spacial score (nSPS) is 10.6. The van der Waals surface area contributed by atoms with Crippen molar-refractivity contribution < 1.29 is 4.79 Å². The first-order valence-electron chi connectivity index (χ1n) is 8.69. The number of benzene rings is 2. The number of nitrogens with zero attached hydrogens (tertiary/aromatic N) is 2. The number of nitrogens with one attached hydrogen (secondary N) is 1. The largest absolute Gasteiger partial charge is 0.325 e. The summed E-state index contributed by atoms with van der Waals surface area (Å²) in [5.41, 5.74) is 6.67. The van der Waals surface area contributed by atoms with Gasteiger partial charge in [-0.25, -0.2) is 4.98 Å². The minimum atomic E-state index is -0.116. The van der Waals surface area contributed by atoms with Gasteiger partial charge in [0.2, 0.25) is 5.91 Å². The average molecular weight is 375 g/mol. The second kappa shape index (κ2) is 7.81. The highest BCUT2D eigenvalue weighted by Crippen LogP contribution is 2.27. The summed E-state index contributed by atoms with van der Waals surface area (Å²) in [5.74, 6) is 0.0834. The molecule has 0 aliphatic rings. The zero-order chi connectivity index (χ0) is 19.6. The minimum absolute atomic E-state index is 0.116. The maximum absolute atomic E-state index is 12.3. The van der Waals surface area contributed by atoms with Crippen LogP contribution in [0.2, 0.25) is 0 Å². The third-order valence-corrected chi connectivity index (χ3v) is 5.46. The van der Waals surface area contributed by atoms with Gasteiger partial charge in [-0.2, -0.15) is 5.26 Å². The van der Waals surface area contributed by atoms with Gasteiger partial charge in [-0.15, -0.1) is 0 Å². The Hall–Kier alpha value is -2.84. The van der Waals surface area contributed by atoms with E-state index in [1.165, 1.54) is 17.3 Å². The van der Waals surface area contributed by atoms with E-state index in [-0.39, 0.29) is 11.7 Å². The van der Waals surface area contributed by atoms with Gasteiger partial charge in [-0.1, -0.05) is 29.5 Å². The smallest absolute Gasteiger partial charge is 0.234 e. The fourth-order valence-corrected chi connectivity index (χ4v) is 3.73. The Bertz CT molecular complexity index is 1080. The highest BCUT2D eigenvalue weighted by molar-refractivity contribution is 8.00. The van der Waals surface area contributed by atoms with Crippen LogP contribution in [0.3, 0.4) is 0 Å². The van der Waals surface area contributed by atoms with Crippen molar-refractivity contribution in [3.05, 3.63) is 64.2 Å². The fourth-order valence-electron chi connectivity index (χ4n) is 2.97. The molecule has 0 radical (unpaired) electrons. The van der Waals surface area contributed by atoms with Gasteiger partial charge >= 0.3 is 0 Å². The molecule has 0 aliphatic heterocycles. The molecule has 136 valence electrons. The van der Waals surface area contributed by atoms with E-state index in [4.69, 9.17) is 0 Å². The molecule has 3 rings (SSSR count).